The molecule has 2 aromatic rings. The minimum absolute atomic E-state index is 0.299. The molecule has 0 radical (unpaired) electrons. The second-order valence-corrected chi connectivity index (χ2v) is 19.1. The average molecular weight is 755 g/mol. The van der Waals surface area contributed by atoms with Gasteiger partial charge in [-0.3, -0.25) is 29.0 Å². The Bertz CT molecular complexity index is 1970. The molecule has 6 fully saturated rings. The fraction of sp³-hybridized carbons (Fsp3) is 0.529. The number of hydrogen-bond acceptors (Lipinski definition) is 12. The number of carbonyl (C=O) groups excluding carboxylic acids is 4. The summed E-state index contributed by atoms with van der Waals surface area (Å²) >= 11 is 9.87. The third-order valence-corrected chi connectivity index (χ3v) is 18.5. The van der Waals surface area contributed by atoms with Gasteiger partial charge in [-0.1, -0.05) is 74.9 Å². The Kier molecular flexibility index (Phi) is 6.36. The van der Waals surface area contributed by atoms with Gasteiger partial charge in [-0.15, -0.1) is 25.3 Å². The van der Waals surface area contributed by atoms with E-state index in [-0.39, 0.29) is 11.8 Å². The van der Waals surface area contributed by atoms with Gasteiger partial charge >= 0.3 is 0 Å². The maximum absolute atomic E-state index is 15.1. The Morgan fingerprint density at radius 2 is 1.20 bits per heavy atom. The number of fused-ring (bicyclic) bond motifs is 11. The summed E-state index contributed by atoms with van der Waals surface area (Å²) in [5.41, 5.74) is -1.25. The topological polar surface area (TPSA) is 146 Å². The van der Waals surface area contributed by atoms with E-state index in [1.54, 1.807) is 27.0 Å². The van der Waals surface area contributed by atoms with Crippen LogP contribution in [-0.2, 0) is 30.0 Å². The molecular formula is C34H38N6O6S4. The largest absolute Gasteiger partial charge is 0.388 e. The quantitative estimate of drug-likeness (QED) is 0.204. The molecule has 1 spiro atoms. The van der Waals surface area contributed by atoms with Gasteiger partial charge in [0.2, 0.25) is 4.87 Å². The first-order valence-electron chi connectivity index (χ1n) is 16.7. The third kappa shape index (κ3) is 2.88. The fourth-order valence-electron chi connectivity index (χ4n) is 10.6. The van der Waals surface area contributed by atoms with Crippen molar-refractivity contribution in [2.24, 2.45) is 11.8 Å². The molecule has 6 saturated heterocycles. The SMILES string of the molecule is CC(C)C1(S)C(=O)N2C3Nc4ccccc4C3(C34c5ccccc5NC3N3C(=O)C5(C(C)C)SSC3(C(=O)N5C)C4O)C(O)C2(S)C(=O)N1C. The Balaban J connectivity index is 1.41. The highest BCUT2D eigenvalue weighted by atomic mass is 33.1. The van der Waals surface area contributed by atoms with Gasteiger partial charge < -0.3 is 30.6 Å². The van der Waals surface area contributed by atoms with Crippen molar-refractivity contribution in [2.45, 2.75) is 82.5 Å². The molecule has 264 valence electrons. The van der Waals surface area contributed by atoms with Crippen molar-refractivity contribution in [1.82, 2.24) is 19.6 Å². The van der Waals surface area contributed by atoms with Gasteiger partial charge in [0, 0.05) is 25.5 Å². The van der Waals surface area contributed by atoms with Crippen molar-refractivity contribution in [3.63, 3.8) is 0 Å². The van der Waals surface area contributed by atoms with E-state index >= 15 is 9.59 Å². The molecule has 0 saturated carbocycles. The second-order valence-electron chi connectivity index (χ2n) is 15.1. The van der Waals surface area contributed by atoms with Gasteiger partial charge in [0.15, 0.2) is 14.6 Å². The van der Waals surface area contributed by atoms with Gasteiger partial charge in [0.05, 0.1) is 10.8 Å². The van der Waals surface area contributed by atoms with Crippen LogP contribution in [0.5, 0.6) is 0 Å². The minimum atomic E-state index is -2.14. The lowest BCUT2D eigenvalue weighted by molar-refractivity contribution is -0.169. The first-order chi connectivity index (χ1) is 23.5. The Morgan fingerprint density at radius 1 is 0.680 bits per heavy atom. The molecule has 12 nitrogen and oxygen atoms in total. The van der Waals surface area contributed by atoms with E-state index in [0.29, 0.717) is 22.5 Å². The van der Waals surface area contributed by atoms with Crippen molar-refractivity contribution >= 4 is 81.8 Å². The Hall–Kier alpha value is -2.76. The average Bonchev–Trinajstić information content (AvgIpc) is 3.73. The molecule has 0 aromatic heterocycles. The van der Waals surface area contributed by atoms with Gasteiger partial charge in [-0.05, 0) is 45.9 Å². The summed E-state index contributed by atoms with van der Waals surface area (Å²) in [4.78, 5) is 58.5. The predicted molar refractivity (Wildman–Crippen MR) is 196 cm³/mol. The number of nitrogens with one attached hydrogen (secondary N) is 2. The lowest BCUT2D eigenvalue weighted by atomic mass is 9.52. The number of carbonyl (C=O) groups is 4. The number of anilines is 2. The summed E-state index contributed by atoms with van der Waals surface area (Å²) in [6.45, 7) is 7.38. The molecule has 0 aliphatic carbocycles. The lowest BCUT2D eigenvalue weighted by Crippen LogP contribution is -2.79. The molecule has 8 aliphatic rings. The standard InChI is InChI=1S/C34H38N6O6S4/c1-15(2)31(47)26(44)39-23-29(17-11-7-9-13-19(17)35-23,21(41)32(39,48)25(43)37(31)5)30-18-12-8-10-14-20(18)36-24(30)40-28(46)33(16(3)4)38(6)27(45)34(40,22(30)42)50-49-33/h7-16,21-24,35-36,41-42,47-48H,1-6H3. The minimum Gasteiger partial charge on any atom is -0.388 e. The summed E-state index contributed by atoms with van der Waals surface area (Å²) in [7, 11) is 5.52. The molecule has 4 amide bonds. The zero-order valence-electron chi connectivity index (χ0n) is 28.1. The summed E-state index contributed by atoms with van der Waals surface area (Å²) in [5.74, 6) is -2.72. The summed E-state index contributed by atoms with van der Waals surface area (Å²) in [5, 5.41) is 33.8. The monoisotopic (exact) mass is 754 g/mol. The van der Waals surface area contributed by atoms with Crippen molar-refractivity contribution in [1.29, 1.82) is 0 Å². The van der Waals surface area contributed by atoms with Gasteiger partial charge in [0.25, 0.3) is 23.6 Å². The van der Waals surface area contributed by atoms with E-state index in [2.05, 4.69) is 10.6 Å². The van der Waals surface area contributed by atoms with Crippen molar-refractivity contribution in [2.75, 3.05) is 24.7 Å². The normalized spacial score (nSPS) is 43.6. The molecule has 10 rings (SSSR count). The number of benzene rings is 2. The van der Waals surface area contributed by atoms with Crippen LogP contribution in [0.4, 0.5) is 11.4 Å². The molecule has 50 heavy (non-hydrogen) atoms. The second kappa shape index (κ2) is 9.61. The van der Waals surface area contributed by atoms with Crippen LogP contribution in [0, 0.1) is 11.8 Å². The molecule has 10 atom stereocenters. The summed E-state index contributed by atoms with van der Waals surface area (Å²) in [6.07, 6.45) is -5.70. The first-order valence-corrected chi connectivity index (χ1v) is 19.7. The van der Waals surface area contributed by atoms with Crippen LogP contribution < -0.4 is 10.6 Å². The van der Waals surface area contributed by atoms with Gasteiger partial charge in [-0.2, -0.15) is 0 Å². The summed E-state index contributed by atoms with van der Waals surface area (Å²) < 4.78 is 0. The Labute approximate surface area is 308 Å². The van der Waals surface area contributed by atoms with Gasteiger partial charge in [-0.25, -0.2) is 0 Å². The predicted octanol–water partition coefficient (Wildman–Crippen LogP) is 2.07. The number of aliphatic hydroxyl groups is 2. The molecule has 8 heterocycles. The van der Waals surface area contributed by atoms with Crippen LogP contribution in [0.25, 0.3) is 0 Å². The highest BCUT2D eigenvalue weighted by molar-refractivity contribution is 8.78. The number of aliphatic hydroxyl groups excluding tert-OH is 2. The number of thiol groups is 2. The first kappa shape index (κ1) is 33.1. The van der Waals surface area contributed by atoms with E-state index in [1.165, 1.54) is 48.2 Å². The van der Waals surface area contributed by atoms with E-state index in [9.17, 15) is 19.8 Å². The van der Waals surface area contributed by atoms with Gasteiger partial charge in [0.1, 0.15) is 24.5 Å². The van der Waals surface area contributed by atoms with E-state index in [4.69, 9.17) is 25.3 Å². The van der Waals surface area contributed by atoms with Crippen molar-refractivity contribution < 1.29 is 29.4 Å². The fourth-order valence-corrected chi connectivity index (χ4v) is 15.6. The van der Waals surface area contributed by atoms with Crippen molar-refractivity contribution in [3.8, 4) is 0 Å². The number of likely N-dealkylation sites (N-methyl/N-ethyl adjacent to an activating group) is 2. The molecule has 10 unspecified atom stereocenters. The van der Waals surface area contributed by atoms with E-state index < -0.39 is 78.5 Å². The highest BCUT2D eigenvalue weighted by Gasteiger charge is 2.92. The molecule has 16 heteroatoms. The maximum Gasteiger partial charge on any atom is 0.264 e. The smallest absolute Gasteiger partial charge is 0.264 e. The molecule has 8 aliphatic heterocycles. The van der Waals surface area contributed by atoms with Crippen LogP contribution in [0.15, 0.2) is 48.5 Å². The highest BCUT2D eigenvalue weighted by Crippen LogP contribution is 2.77. The Morgan fingerprint density at radius 3 is 1.74 bits per heavy atom. The van der Waals surface area contributed by atoms with Crippen LogP contribution in [0.3, 0.4) is 0 Å². The number of rotatable bonds is 3. The number of amides is 4. The lowest BCUT2D eigenvalue weighted by Gasteiger charge is -2.60. The zero-order valence-corrected chi connectivity index (χ0v) is 31.5. The zero-order chi connectivity index (χ0) is 35.9. The molecular weight excluding hydrogens is 717 g/mol. The number of hydrogen-bond donors (Lipinski definition) is 6. The summed E-state index contributed by atoms with van der Waals surface area (Å²) in [6, 6.07) is 14.6. The molecule has 4 N–H and O–H groups in total. The van der Waals surface area contributed by atoms with E-state index in [0.717, 1.165) is 0 Å². The van der Waals surface area contributed by atoms with E-state index in [1.807, 2.05) is 56.3 Å². The van der Waals surface area contributed by atoms with Crippen LogP contribution >= 0.6 is 46.8 Å². The molecule has 2 bridgehead atoms. The van der Waals surface area contributed by atoms with Crippen LogP contribution in [0.2, 0.25) is 0 Å². The maximum atomic E-state index is 15.1. The number of nitrogens with zero attached hydrogens (tertiary/aromatic N) is 4. The number of piperazine rings is 2. The van der Waals surface area contributed by atoms with Crippen LogP contribution in [-0.4, -0.2) is 112 Å². The van der Waals surface area contributed by atoms with Crippen molar-refractivity contribution in [3.05, 3.63) is 59.7 Å². The number of para-hydroxylation sites is 2. The third-order valence-electron chi connectivity index (χ3n) is 12.9. The van der Waals surface area contributed by atoms with Crippen LogP contribution in [0.1, 0.15) is 38.8 Å². The molecule has 2 aromatic carbocycles.